The predicted octanol–water partition coefficient (Wildman–Crippen LogP) is 4.92. The number of ether oxygens (including phenoxy) is 1. The molecule has 1 aliphatic rings. The highest BCUT2D eigenvalue weighted by Crippen LogP contribution is 2.32. The zero-order valence-electron chi connectivity index (χ0n) is 19.0. The fourth-order valence-corrected chi connectivity index (χ4v) is 4.74. The van der Waals surface area contributed by atoms with Crippen molar-refractivity contribution in [1.82, 2.24) is 4.90 Å². The SMILES string of the molecule is C[C@H](C(=O)Nc1ccc(CN2CCC[C@H]([C@](C)(O)CO)C2)c(OC(I)I)c1)c1ccccc1. The third-order valence-corrected chi connectivity index (χ3v) is 6.85. The molecular weight excluding hydrogens is 646 g/mol. The van der Waals surface area contributed by atoms with Crippen molar-refractivity contribution in [2.24, 2.45) is 5.92 Å². The third kappa shape index (κ3) is 7.51. The van der Waals surface area contributed by atoms with Gasteiger partial charge in [0.15, 0.2) is 2.12 Å². The maximum absolute atomic E-state index is 12.8. The van der Waals surface area contributed by atoms with Crippen LogP contribution in [0.25, 0.3) is 0 Å². The second-order valence-corrected chi connectivity index (χ2v) is 13.6. The van der Waals surface area contributed by atoms with Gasteiger partial charge in [-0.3, -0.25) is 9.69 Å². The van der Waals surface area contributed by atoms with Gasteiger partial charge in [0.2, 0.25) is 5.91 Å². The van der Waals surface area contributed by atoms with E-state index in [4.69, 9.17) is 4.74 Å². The van der Waals surface area contributed by atoms with Crippen molar-refractivity contribution >= 4 is 56.8 Å². The number of aliphatic hydroxyl groups is 2. The van der Waals surface area contributed by atoms with Crippen LogP contribution in [-0.4, -0.2) is 48.4 Å². The number of carbonyl (C=O) groups is 1. The van der Waals surface area contributed by atoms with Gasteiger partial charge >= 0.3 is 0 Å². The number of likely N-dealkylation sites (tertiary alicyclic amines) is 1. The van der Waals surface area contributed by atoms with Crippen molar-refractivity contribution in [1.29, 1.82) is 0 Å². The lowest BCUT2D eigenvalue weighted by molar-refractivity contribution is -0.117. The number of anilines is 1. The molecule has 0 aromatic heterocycles. The summed E-state index contributed by atoms with van der Waals surface area (Å²) in [7, 11) is 0. The summed E-state index contributed by atoms with van der Waals surface area (Å²) >= 11 is 4.42. The summed E-state index contributed by atoms with van der Waals surface area (Å²) in [6.07, 6.45) is 1.88. The summed E-state index contributed by atoms with van der Waals surface area (Å²) in [5.74, 6) is 0.442. The van der Waals surface area contributed by atoms with Crippen LogP contribution in [0, 0.1) is 5.92 Å². The Kier molecular flexibility index (Phi) is 9.81. The number of carbonyl (C=O) groups excluding carboxylic acids is 1. The number of hydrogen-bond acceptors (Lipinski definition) is 5. The first-order valence-electron chi connectivity index (χ1n) is 11.2. The fourth-order valence-electron chi connectivity index (χ4n) is 4.19. The number of aliphatic hydroxyl groups excluding tert-OH is 1. The predicted molar refractivity (Wildman–Crippen MR) is 148 cm³/mol. The van der Waals surface area contributed by atoms with E-state index in [1.165, 1.54) is 0 Å². The molecule has 0 aliphatic carbocycles. The molecule has 33 heavy (non-hydrogen) atoms. The third-order valence-electron chi connectivity index (χ3n) is 6.34. The average molecular weight is 678 g/mol. The minimum absolute atomic E-state index is 0.0283. The average Bonchev–Trinajstić information content (AvgIpc) is 2.80. The highest BCUT2D eigenvalue weighted by atomic mass is 127. The van der Waals surface area contributed by atoms with E-state index in [1.807, 2.05) is 55.5 Å². The van der Waals surface area contributed by atoms with Crippen LogP contribution >= 0.6 is 45.2 Å². The number of nitrogens with one attached hydrogen (secondary N) is 1. The van der Waals surface area contributed by atoms with Crippen molar-refractivity contribution < 1.29 is 19.7 Å². The zero-order valence-corrected chi connectivity index (χ0v) is 23.3. The lowest BCUT2D eigenvalue weighted by Gasteiger charge is -2.39. The topological polar surface area (TPSA) is 82.0 Å². The minimum atomic E-state index is -1.07. The van der Waals surface area contributed by atoms with E-state index in [0.717, 1.165) is 42.8 Å². The number of piperidine rings is 1. The van der Waals surface area contributed by atoms with Gasteiger partial charge in [0.05, 0.1) is 18.1 Å². The van der Waals surface area contributed by atoms with Crippen molar-refractivity contribution in [2.75, 3.05) is 25.0 Å². The number of halogens is 2. The summed E-state index contributed by atoms with van der Waals surface area (Å²) in [4.78, 5) is 15.1. The van der Waals surface area contributed by atoms with Gasteiger partial charge in [-0.05, 0) is 90.0 Å². The number of nitrogens with zero attached hydrogens (tertiary/aromatic N) is 1. The molecule has 1 amide bonds. The zero-order chi connectivity index (χ0) is 24.0. The summed E-state index contributed by atoms with van der Waals surface area (Å²) in [6, 6.07) is 15.5. The Bertz CT molecular complexity index is 924. The lowest BCUT2D eigenvalue weighted by atomic mass is 9.83. The molecule has 3 rings (SSSR count). The molecule has 1 fully saturated rings. The molecule has 3 N–H and O–H groups in total. The van der Waals surface area contributed by atoms with E-state index >= 15 is 0 Å². The first-order valence-corrected chi connectivity index (χ1v) is 13.7. The largest absolute Gasteiger partial charge is 0.470 e. The Morgan fingerprint density at radius 2 is 2.00 bits per heavy atom. The fraction of sp³-hybridized carbons (Fsp3) is 0.480. The van der Waals surface area contributed by atoms with Crippen LogP contribution in [0.4, 0.5) is 5.69 Å². The van der Waals surface area contributed by atoms with Crippen molar-refractivity contribution in [2.45, 2.75) is 46.9 Å². The summed E-state index contributed by atoms with van der Waals surface area (Å²) in [5.41, 5.74) is 1.64. The van der Waals surface area contributed by atoms with E-state index < -0.39 is 5.60 Å². The van der Waals surface area contributed by atoms with Crippen LogP contribution in [0.2, 0.25) is 0 Å². The molecule has 1 heterocycles. The quantitative estimate of drug-likeness (QED) is 0.260. The lowest BCUT2D eigenvalue weighted by Crippen LogP contribution is -2.47. The minimum Gasteiger partial charge on any atom is -0.470 e. The van der Waals surface area contributed by atoms with Gasteiger partial charge in [0.1, 0.15) is 5.75 Å². The van der Waals surface area contributed by atoms with E-state index in [9.17, 15) is 15.0 Å². The van der Waals surface area contributed by atoms with Crippen LogP contribution in [0.3, 0.4) is 0 Å². The molecule has 2 aromatic carbocycles. The maximum atomic E-state index is 12.8. The van der Waals surface area contributed by atoms with E-state index in [2.05, 4.69) is 55.4 Å². The monoisotopic (exact) mass is 678 g/mol. The highest BCUT2D eigenvalue weighted by molar-refractivity contribution is 14.2. The Morgan fingerprint density at radius 1 is 1.27 bits per heavy atom. The Labute approximate surface area is 223 Å². The van der Waals surface area contributed by atoms with Crippen molar-refractivity contribution in [3.63, 3.8) is 0 Å². The Morgan fingerprint density at radius 3 is 2.67 bits per heavy atom. The Balaban J connectivity index is 1.73. The molecule has 2 aromatic rings. The molecule has 3 atom stereocenters. The molecule has 6 nitrogen and oxygen atoms in total. The van der Waals surface area contributed by atoms with Gasteiger partial charge in [-0.1, -0.05) is 36.4 Å². The number of amides is 1. The first kappa shape index (κ1) is 26.7. The molecule has 0 unspecified atom stereocenters. The van der Waals surface area contributed by atoms with Crippen molar-refractivity contribution in [3.8, 4) is 5.75 Å². The molecule has 1 aliphatic heterocycles. The number of benzene rings is 2. The molecule has 8 heteroatoms. The van der Waals surface area contributed by atoms with E-state index in [-0.39, 0.29) is 26.5 Å². The van der Waals surface area contributed by atoms with Crippen LogP contribution in [0.5, 0.6) is 5.75 Å². The highest BCUT2D eigenvalue weighted by Gasteiger charge is 2.34. The first-order chi connectivity index (χ1) is 15.7. The smallest absolute Gasteiger partial charge is 0.231 e. The normalized spacial score (nSPS) is 19.7. The van der Waals surface area contributed by atoms with Crippen molar-refractivity contribution in [3.05, 3.63) is 59.7 Å². The summed E-state index contributed by atoms with van der Waals surface area (Å²) in [6.45, 7) is 5.71. The van der Waals surface area contributed by atoms with E-state index in [0.29, 0.717) is 12.2 Å². The second kappa shape index (κ2) is 12.1. The summed E-state index contributed by atoms with van der Waals surface area (Å²) < 4.78 is 6.02. The molecule has 0 radical (unpaired) electrons. The van der Waals surface area contributed by atoms with Gasteiger partial charge in [-0.2, -0.15) is 0 Å². The van der Waals surface area contributed by atoms with Crippen LogP contribution < -0.4 is 10.1 Å². The molecule has 1 saturated heterocycles. The van der Waals surface area contributed by atoms with Gasteiger partial charge in [0, 0.05) is 36.3 Å². The second-order valence-electron chi connectivity index (χ2n) is 8.91. The standard InChI is InChI=1S/C25H32I2N2O4/c1-17(18-7-4-3-5-8-18)23(31)28-21-11-10-19(22(13-21)33-24(26)27)14-29-12-6-9-20(15-29)25(2,32)16-30/h3-5,7-8,10-11,13,17,20,24,30,32H,6,9,12,14-16H2,1-2H3,(H,28,31)/t17-,20-,25+/m0/s1. The molecule has 180 valence electrons. The molecule has 0 spiro atoms. The molecular formula is C25H32I2N2O4. The van der Waals surface area contributed by atoms with Gasteiger partial charge in [-0.15, -0.1) is 0 Å². The Hall–Kier alpha value is -0.950. The number of hydrogen-bond donors (Lipinski definition) is 3. The van der Waals surface area contributed by atoms with Crippen LogP contribution in [-0.2, 0) is 11.3 Å². The number of alkyl halides is 2. The van der Waals surface area contributed by atoms with Gasteiger partial charge < -0.3 is 20.3 Å². The molecule has 0 bridgehead atoms. The van der Waals surface area contributed by atoms with E-state index in [1.54, 1.807) is 6.92 Å². The maximum Gasteiger partial charge on any atom is 0.231 e. The summed E-state index contributed by atoms with van der Waals surface area (Å²) in [5, 5.41) is 23.1. The molecule has 0 saturated carbocycles. The van der Waals surface area contributed by atoms with Crippen LogP contribution in [0.15, 0.2) is 48.5 Å². The van der Waals surface area contributed by atoms with Gasteiger partial charge in [-0.25, -0.2) is 0 Å². The number of rotatable bonds is 9. The van der Waals surface area contributed by atoms with Gasteiger partial charge in [0.25, 0.3) is 0 Å². The van der Waals surface area contributed by atoms with Crippen LogP contribution in [0.1, 0.15) is 43.7 Å².